The second-order valence-electron chi connectivity index (χ2n) is 3.72. The SMILES string of the molecule is CC(N)CC(=O)Nc1nc2ccccc2s1.Cl. The van der Waals surface area contributed by atoms with Gasteiger partial charge in [0.1, 0.15) is 0 Å². The molecule has 4 nitrogen and oxygen atoms in total. The molecule has 0 fully saturated rings. The Hall–Kier alpha value is -1.17. The third-order valence-corrected chi connectivity index (χ3v) is 3.00. The smallest absolute Gasteiger partial charge is 0.227 e. The Kier molecular flexibility index (Phi) is 4.86. The lowest BCUT2D eigenvalue weighted by Gasteiger charge is -2.03. The van der Waals surface area contributed by atoms with Crippen molar-refractivity contribution in [2.75, 3.05) is 5.32 Å². The first kappa shape index (κ1) is 13.9. The van der Waals surface area contributed by atoms with Crippen LogP contribution in [0.25, 0.3) is 10.2 Å². The van der Waals surface area contributed by atoms with Crippen molar-refractivity contribution < 1.29 is 4.79 Å². The third-order valence-electron chi connectivity index (χ3n) is 2.05. The van der Waals surface area contributed by atoms with Crippen molar-refractivity contribution in [3.8, 4) is 0 Å². The highest BCUT2D eigenvalue weighted by Crippen LogP contribution is 2.25. The van der Waals surface area contributed by atoms with E-state index < -0.39 is 0 Å². The summed E-state index contributed by atoms with van der Waals surface area (Å²) in [4.78, 5) is 15.8. The van der Waals surface area contributed by atoms with Gasteiger partial charge >= 0.3 is 0 Å². The summed E-state index contributed by atoms with van der Waals surface area (Å²) < 4.78 is 1.07. The van der Waals surface area contributed by atoms with E-state index >= 15 is 0 Å². The number of nitrogens with zero attached hydrogens (tertiary/aromatic N) is 1. The number of benzene rings is 1. The Morgan fingerprint density at radius 3 is 2.88 bits per heavy atom. The van der Waals surface area contributed by atoms with Crippen LogP contribution in [0.4, 0.5) is 5.13 Å². The second kappa shape index (κ2) is 5.95. The summed E-state index contributed by atoms with van der Waals surface area (Å²) in [7, 11) is 0. The Morgan fingerprint density at radius 2 is 2.24 bits per heavy atom. The van der Waals surface area contributed by atoms with E-state index in [2.05, 4.69) is 10.3 Å². The molecule has 0 aliphatic rings. The Labute approximate surface area is 110 Å². The van der Waals surface area contributed by atoms with Gasteiger partial charge in [-0.25, -0.2) is 4.98 Å². The summed E-state index contributed by atoms with van der Waals surface area (Å²) in [6.07, 6.45) is 0.315. The van der Waals surface area contributed by atoms with Gasteiger partial charge in [-0.1, -0.05) is 23.5 Å². The number of anilines is 1. The van der Waals surface area contributed by atoms with Crippen LogP contribution in [0, 0.1) is 0 Å². The van der Waals surface area contributed by atoms with E-state index in [4.69, 9.17) is 5.73 Å². The molecule has 1 amide bonds. The summed E-state index contributed by atoms with van der Waals surface area (Å²) in [5.74, 6) is -0.0888. The summed E-state index contributed by atoms with van der Waals surface area (Å²) in [6, 6.07) is 7.65. The number of aromatic nitrogens is 1. The van der Waals surface area contributed by atoms with Gasteiger partial charge in [0, 0.05) is 12.5 Å². The van der Waals surface area contributed by atoms with Crippen LogP contribution in [0.3, 0.4) is 0 Å². The van der Waals surface area contributed by atoms with E-state index in [-0.39, 0.29) is 24.4 Å². The van der Waals surface area contributed by atoms with Gasteiger partial charge < -0.3 is 11.1 Å². The van der Waals surface area contributed by atoms with E-state index in [1.807, 2.05) is 24.3 Å². The fraction of sp³-hybridized carbons (Fsp3) is 0.273. The largest absolute Gasteiger partial charge is 0.327 e. The van der Waals surface area contributed by atoms with Gasteiger partial charge in [0.2, 0.25) is 5.91 Å². The Bertz CT molecular complexity index is 479. The van der Waals surface area contributed by atoms with Crippen LogP contribution >= 0.6 is 23.7 Å². The van der Waals surface area contributed by atoms with Crippen LogP contribution in [0.1, 0.15) is 13.3 Å². The van der Waals surface area contributed by atoms with Crippen LogP contribution in [0.15, 0.2) is 24.3 Å². The van der Waals surface area contributed by atoms with Crippen LogP contribution in [-0.2, 0) is 4.79 Å². The van der Waals surface area contributed by atoms with Gasteiger partial charge in [-0.2, -0.15) is 0 Å². The number of para-hydroxylation sites is 1. The van der Waals surface area contributed by atoms with Crippen LogP contribution in [-0.4, -0.2) is 16.9 Å². The first-order chi connectivity index (χ1) is 7.65. The Morgan fingerprint density at radius 1 is 1.53 bits per heavy atom. The summed E-state index contributed by atoms with van der Waals surface area (Å²) in [5.41, 5.74) is 6.45. The van der Waals surface area contributed by atoms with Crippen molar-refractivity contribution in [2.24, 2.45) is 5.73 Å². The normalized spacial score (nSPS) is 11.9. The molecule has 1 heterocycles. The number of nitrogens with one attached hydrogen (secondary N) is 1. The van der Waals surface area contributed by atoms with Crippen LogP contribution in [0.5, 0.6) is 0 Å². The Balaban J connectivity index is 0.00000144. The molecule has 0 spiro atoms. The fourth-order valence-electron chi connectivity index (χ4n) is 1.39. The minimum Gasteiger partial charge on any atom is -0.327 e. The lowest BCUT2D eigenvalue weighted by Crippen LogP contribution is -2.23. The number of amides is 1. The molecule has 0 radical (unpaired) electrons. The summed E-state index contributed by atoms with van der Waals surface area (Å²) in [6.45, 7) is 1.80. The molecule has 1 aromatic heterocycles. The first-order valence-electron chi connectivity index (χ1n) is 5.06. The molecule has 0 saturated carbocycles. The van der Waals surface area contributed by atoms with Gasteiger partial charge in [0.05, 0.1) is 10.2 Å². The quantitative estimate of drug-likeness (QED) is 0.901. The zero-order valence-electron chi connectivity index (χ0n) is 9.34. The molecule has 0 saturated heterocycles. The molecular weight excluding hydrogens is 258 g/mol. The first-order valence-corrected chi connectivity index (χ1v) is 5.88. The molecule has 1 atom stereocenters. The molecule has 2 rings (SSSR count). The molecule has 3 N–H and O–H groups in total. The van der Waals surface area contributed by atoms with Gasteiger partial charge in [-0.3, -0.25) is 4.79 Å². The minimum absolute atomic E-state index is 0. The maximum Gasteiger partial charge on any atom is 0.227 e. The van der Waals surface area contributed by atoms with Crippen molar-refractivity contribution in [1.82, 2.24) is 4.98 Å². The maximum atomic E-state index is 11.5. The van der Waals surface area contributed by atoms with Crippen LogP contribution < -0.4 is 11.1 Å². The molecule has 0 aliphatic heterocycles. The fourth-order valence-corrected chi connectivity index (χ4v) is 2.27. The van der Waals surface area contributed by atoms with E-state index in [1.54, 1.807) is 6.92 Å². The molecule has 1 unspecified atom stereocenters. The number of thiazole rings is 1. The minimum atomic E-state index is -0.130. The third kappa shape index (κ3) is 3.66. The van der Waals surface area contributed by atoms with Crippen molar-refractivity contribution >= 4 is 45.0 Å². The lowest BCUT2D eigenvalue weighted by molar-refractivity contribution is -0.116. The maximum absolute atomic E-state index is 11.5. The van der Waals surface area contributed by atoms with E-state index in [0.717, 1.165) is 10.2 Å². The number of hydrogen-bond acceptors (Lipinski definition) is 4. The predicted molar refractivity (Wildman–Crippen MR) is 73.8 cm³/mol. The van der Waals surface area contributed by atoms with Gasteiger partial charge in [0.15, 0.2) is 5.13 Å². The zero-order valence-corrected chi connectivity index (χ0v) is 11.0. The van der Waals surface area contributed by atoms with E-state index in [1.165, 1.54) is 11.3 Å². The molecule has 0 aliphatic carbocycles. The van der Waals surface area contributed by atoms with Crippen molar-refractivity contribution in [3.05, 3.63) is 24.3 Å². The molecule has 0 bridgehead atoms. The number of rotatable bonds is 3. The predicted octanol–water partition coefficient (Wildman–Crippen LogP) is 2.39. The standard InChI is InChI=1S/C11H13N3OS.ClH/c1-7(12)6-10(15)14-11-13-8-4-2-3-5-9(8)16-11;/h2-5,7H,6,12H2,1H3,(H,13,14,15);1H. The average molecular weight is 272 g/mol. The summed E-state index contributed by atoms with van der Waals surface area (Å²) >= 11 is 1.47. The highest BCUT2D eigenvalue weighted by Gasteiger charge is 2.08. The molecule has 2 aromatic rings. The van der Waals surface area contributed by atoms with Gasteiger partial charge in [-0.05, 0) is 19.1 Å². The number of fused-ring (bicyclic) bond motifs is 1. The molecule has 92 valence electrons. The number of carbonyl (C=O) groups excluding carboxylic acids is 1. The number of carbonyl (C=O) groups is 1. The topological polar surface area (TPSA) is 68.0 Å². The number of nitrogens with two attached hydrogens (primary N) is 1. The van der Waals surface area contributed by atoms with Gasteiger partial charge in [-0.15, -0.1) is 12.4 Å². The monoisotopic (exact) mass is 271 g/mol. The molecular formula is C11H14ClN3OS. The zero-order chi connectivity index (χ0) is 11.5. The second-order valence-corrected chi connectivity index (χ2v) is 4.75. The molecule has 17 heavy (non-hydrogen) atoms. The van der Waals surface area contributed by atoms with E-state index in [0.29, 0.717) is 11.6 Å². The number of hydrogen-bond donors (Lipinski definition) is 2. The van der Waals surface area contributed by atoms with Gasteiger partial charge in [0.25, 0.3) is 0 Å². The van der Waals surface area contributed by atoms with Crippen molar-refractivity contribution in [3.63, 3.8) is 0 Å². The highest BCUT2D eigenvalue weighted by atomic mass is 35.5. The van der Waals surface area contributed by atoms with Crippen molar-refractivity contribution in [1.29, 1.82) is 0 Å². The molecule has 6 heteroatoms. The summed E-state index contributed by atoms with van der Waals surface area (Å²) in [5, 5.41) is 3.38. The van der Waals surface area contributed by atoms with Crippen LogP contribution in [0.2, 0.25) is 0 Å². The van der Waals surface area contributed by atoms with Crippen molar-refractivity contribution in [2.45, 2.75) is 19.4 Å². The average Bonchev–Trinajstić information content (AvgIpc) is 2.57. The highest BCUT2D eigenvalue weighted by molar-refractivity contribution is 7.22. The number of halogens is 1. The lowest BCUT2D eigenvalue weighted by atomic mass is 10.2. The van der Waals surface area contributed by atoms with E-state index in [9.17, 15) is 4.79 Å². The molecule has 1 aromatic carbocycles.